The topological polar surface area (TPSA) is 97.0 Å². The van der Waals surface area contributed by atoms with Crippen LogP contribution in [-0.2, 0) is 4.79 Å². The summed E-state index contributed by atoms with van der Waals surface area (Å²) < 4.78 is 11.5. The van der Waals surface area contributed by atoms with Crippen LogP contribution in [0.15, 0.2) is 42.5 Å². The van der Waals surface area contributed by atoms with E-state index in [4.69, 9.17) is 9.47 Å². The first-order valence-corrected chi connectivity index (χ1v) is 9.50. The smallest absolute Gasteiger partial charge is 0.262 e. The van der Waals surface area contributed by atoms with Gasteiger partial charge in [0.05, 0.1) is 11.3 Å². The van der Waals surface area contributed by atoms with Crippen LogP contribution in [0.3, 0.4) is 0 Å². The number of amides is 3. The maximum atomic E-state index is 12.9. The third-order valence-corrected chi connectivity index (χ3v) is 5.50. The predicted octanol–water partition coefficient (Wildman–Crippen LogP) is 1.77. The molecule has 0 radical (unpaired) electrons. The molecule has 0 bridgehead atoms. The predicted molar refractivity (Wildman–Crippen MR) is 103 cm³/mol. The average molecular weight is 393 g/mol. The Morgan fingerprint density at radius 1 is 1.03 bits per heavy atom. The second-order valence-corrected chi connectivity index (χ2v) is 7.39. The third kappa shape index (κ3) is 3.06. The highest BCUT2D eigenvalue weighted by Gasteiger charge is 2.43. The number of benzene rings is 2. The van der Waals surface area contributed by atoms with Crippen molar-refractivity contribution >= 4 is 23.4 Å². The molecular formula is C21H19N3O5. The first-order chi connectivity index (χ1) is 14.0. The van der Waals surface area contributed by atoms with Crippen molar-refractivity contribution in [2.45, 2.75) is 18.6 Å². The Kier molecular flexibility index (Phi) is 3.94. The number of rotatable bonds is 1. The molecule has 0 saturated carbocycles. The summed E-state index contributed by atoms with van der Waals surface area (Å²) in [6, 6.07) is 12.2. The van der Waals surface area contributed by atoms with Crippen LogP contribution in [-0.4, -0.2) is 48.0 Å². The number of hydrogen-bond donors (Lipinski definition) is 2. The average Bonchev–Trinajstić information content (AvgIpc) is 2.73. The van der Waals surface area contributed by atoms with Crippen molar-refractivity contribution in [2.24, 2.45) is 0 Å². The van der Waals surface area contributed by atoms with E-state index >= 15 is 0 Å². The zero-order chi connectivity index (χ0) is 20.0. The summed E-state index contributed by atoms with van der Waals surface area (Å²) >= 11 is 0. The van der Waals surface area contributed by atoms with E-state index in [-0.39, 0.29) is 24.3 Å². The number of para-hydroxylation sites is 1. The molecule has 0 aliphatic carbocycles. The van der Waals surface area contributed by atoms with Gasteiger partial charge in [0, 0.05) is 31.5 Å². The van der Waals surface area contributed by atoms with E-state index in [0.29, 0.717) is 54.2 Å². The van der Waals surface area contributed by atoms with E-state index in [1.54, 1.807) is 41.3 Å². The van der Waals surface area contributed by atoms with E-state index in [1.165, 1.54) is 0 Å². The molecule has 5 rings (SSSR count). The molecule has 8 heteroatoms. The Labute approximate surface area is 166 Å². The number of fused-ring (bicyclic) bond motifs is 2. The molecule has 0 aromatic heterocycles. The van der Waals surface area contributed by atoms with Crippen molar-refractivity contribution < 1.29 is 23.9 Å². The summed E-state index contributed by atoms with van der Waals surface area (Å²) in [5.41, 5.74) is 0.708. The minimum atomic E-state index is -0.792. The van der Waals surface area contributed by atoms with Gasteiger partial charge in [0.25, 0.3) is 17.7 Å². The SMILES string of the molecule is O=C1COc2ccc(C(=O)N3CCC4(CC3)NC(=O)c3ccccc3O4)cc2N1. The minimum Gasteiger partial charge on any atom is -0.482 e. The van der Waals surface area contributed by atoms with Gasteiger partial charge in [-0.3, -0.25) is 14.4 Å². The van der Waals surface area contributed by atoms with Gasteiger partial charge in [-0.2, -0.15) is 0 Å². The second kappa shape index (κ2) is 6.51. The number of carbonyl (C=O) groups is 3. The molecule has 3 aliphatic heterocycles. The van der Waals surface area contributed by atoms with Gasteiger partial charge in [0.1, 0.15) is 11.5 Å². The number of likely N-dealkylation sites (tertiary alicyclic amines) is 1. The Hall–Kier alpha value is -3.55. The van der Waals surface area contributed by atoms with E-state index in [9.17, 15) is 14.4 Å². The molecule has 29 heavy (non-hydrogen) atoms. The lowest BCUT2D eigenvalue weighted by molar-refractivity contribution is -0.118. The molecule has 148 valence electrons. The van der Waals surface area contributed by atoms with Crippen molar-refractivity contribution in [1.29, 1.82) is 0 Å². The lowest BCUT2D eigenvalue weighted by Gasteiger charge is -2.44. The second-order valence-electron chi connectivity index (χ2n) is 7.39. The van der Waals surface area contributed by atoms with Gasteiger partial charge in [-0.15, -0.1) is 0 Å². The standard InChI is InChI=1S/C21H19N3O5/c25-18-12-28-17-6-5-13(11-15(17)22-18)20(27)24-9-7-21(8-10-24)23-19(26)14-3-1-2-4-16(14)29-21/h1-6,11H,7-10,12H2,(H,22,25)(H,23,26). The number of nitrogens with one attached hydrogen (secondary N) is 2. The molecule has 2 aromatic rings. The first-order valence-electron chi connectivity index (χ1n) is 9.50. The lowest BCUT2D eigenvalue weighted by Crippen LogP contribution is -2.61. The van der Waals surface area contributed by atoms with Gasteiger partial charge in [0.2, 0.25) is 0 Å². The number of anilines is 1. The Morgan fingerprint density at radius 2 is 1.83 bits per heavy atom. The summed E-state index contributed by atoms with van der Waals surface area (Å²) in [7, 11) is 0. The van der Waals surface area contributed by atoms with Gasteiger partial charge < -0.3 is 25.0 Å². The molecule has 1 fully saturated rings. The van der Waals surface area contributed by atoms with Crippen LogP contribution in [0.25, 0.3) is 0 Å². The van der Waals surface area contributed by atoms with E-state index in [0.717, 1.165) is 0 Å². The summed E-state index contributed by atoms with van der Waals surface area (Å²) in [5, 5.41) is 5.69. The Balaban J connectivity index is 1.30. The van der Waals surface area contributed by atoms with Crippen LogP contribution in [0.5, 0.6) is 11.5 Å². The maximum Gasteiger partial charge on any atom is 0.262 e. The Bertz CT molecular complexity index is 1030. The molecule has 0 unspecified atom stereocenters. The third-order valence-electron chi connectivity index (χ3n) is 5.50. The van der Waals surface area contributed by atoms with E-state index in [2.05, 4.69) is 10.6 Å². The van der Waals surface area contributed by atoms with Gasteiger partial charge in [-0.05, 0) is 30.3 Å². The molecule has 8 nitrogen and oxygen atoms in total. The zero-order valence-corrected chi connectivity index (χ0v) is 15.6. The number of carbonyl (C=O) groups excluding carboxylic acids is 3. The van der Waals surface area contributed by atoms with Crippen LogP contribution in [0.1, 0.15) is 33.6 Å². The van der Waals surface area contributed by atoms with Crippen LogP contribution >= 0.6 is 0 Å². The number of hydrogen-bond acceptors (Lipinski definition) is 5. The molecule has 3 heterocycles. The highest BCUT2D eigenvalue weighted by Crippen LogP contribution is 2.34. The van der Waals surface area contributed by atoms with Crippen LogP contribution < -0.4 is 20.1 Å². The van der Waals surface area contributed by atoms with Crippen LogP contribution in [0.4, 0.5) is 5.69 Å². The highest BCUT2D eigenvalue weighted by atomic mass is 16.5. The molecule has 2 N–H and O–H groups in total. The van der Waals surface area contributed by atoms with E-state index in [1.807, 2.05) is 6.07 Å². The fourth-order valence-electron chi connectivity index (χ4n) is 3.95. The van der Waals surface area contributed by atoms with E-state index < -0.39 is 5.72 Å². The number of ether oxygens (including phenoxy) is 2. The van der Waals surface area contributed by atoms with Crippen molar-refractivity contribution in [3.8, 4) is 11.5 Å². The normalized spacial score (nSPS) is 19.2. The molecule has 1 saturated heterocycles. The monoisotopic (exact) mass is 393 g/mol. The first kappa shape index (κ1) is 17.5. The molecule has 2 aromatic carbocycles. The van der Waals surface area contributed by atoms with Crippen molar-refractivity contribution in [3.05, 3.63) is 53.6 Å². The van der Waals surface area contributed by atoms with Crippen LogP contribution in [0.2, 0.25) is 0 Å². The van der Waals surface area contributed by atoms with Gasteiger partial charge >= 0.3 is 0 Å². The summed E-state index contributed by atoms with van der Waals surface area (Å²) in [6.07, 6.45) is 0.979. The molecule has 1 spiro atoms. The number of piperidine rings is 1. The Morgan fingerprint density at radius 3 is 2.66 bits per heavy atom. The quantitative estimate of drug-likeness (QED) is 0.770. The fraction of sp³-hybridized carbons (Fsp3) is 0.286. The minimum absolute atomic E-state index is 0.0245. The molecular weight excluding hydrogens is 374 g/mol. The van der Waals surface area contributed by atoms with Crippen molar-refractivity contribution in [2.75, 3.05) is 25.0 Å². The van der Waals surface area contributed by atoms with Gasteiger partial charge in [-0.1, -0.05) is 12.1 Å². The van der Waals surface area contributed by atoms with Crippen LogP contribution in [0, 0.1) is 0 Å². The fourth-order valence-corrected chi connectivity index (χ4v) is 3.95. The lowest BCUT2D eigenvalue weighted by atomic mass is 9.96. The highest BCUT2D eigenvalue weighted by molar-refractivity contribution is 6.00. The van der Waals surface area contributed by atoms with Gasteiger partial charge in [-0.25, -0.2) is 0 Å². The van der Waals surface area contributed by atoms with Gasteiger partial charge in [0.15, 0.2) is 12.3 Å². The van der Waals surface area contributed by atoms with Crippen molar-refractivity contribution in [1.82, 2.24) is 10.2 Å². The van der Waals surface area contributed by atoms with Crippen molar-refractivity contribution in [3.63, 3.8) is 0 Å². The summed E-state index contributed by atoms with van der Waals surface area (Å²) in [6.45, 7) is 0.867. The molecule has 3 amide bonds. The summed E-state index contributed by atoms with van der Waals surface area (Å²) in [5.74, 6) is 0.590. The maximum absolute atomic E-state index is 12.9. The zero-order valence-electron chi connectivity index (χ0n) is 15.6. The number of nitrogens with zero attached hydrogens (tertiary/aromatic N) is 1. The largest absolute Gasteiger partial charge is 0.482 e. The molecule has 3 aliphatic rings. The molecule has 0 atom stereocenters. The summed E-state index contributed by atoms with van der Waals surface area (Å²) in [4.78, 5) is 38.6.